The highest BCUT2D eigenvalue weighted by atomic mass is 16.2. The monoisotopic (exact) mass is 432 g/mol. The third-order valence-electron chi connectivity index (χ3n) is 6.75. The molecule has 1 aliphatic heterocycles. The second-order valence-corrected chi connectivity index (χ2v) is 8.96. The summed E-state index contributed by atoms with van der Waals surface area (Å²) in [6.45, 7) is 8.37. The Labute approximate surface area is 195 Å². The molecule has 0 aromatic heterocycles. The van der Waals surface area contributed by atoms with E-state index in [0.717, 1.165) is 22.3 Å². The fourth-order valence-electron chi connectivity index (χ4n) is 4.52. The molecule has 1 N–H and O–H groups in total. The number of carbonyl (C=O) groups excluding carboxylic acids is 1. The highest BCUT2D eigenvalue weighted by Gasteiger charge is 2.35. The number of hydrogen-bond acceptors (Lipinski definition) is 2. The van der Waals surface area contributed by atoms with Gasteiger partial charge < -0.3 is 5.32 Å². The number of hydrogen-bond donors (Lipinski definition) is 1. The first-order valence-corrected chi connectivity index (χ1v) is 11.4. The van der Waals surface area contributed by atoms with Crippen LogP contribution in [0.3, 0.4) is 0 Å². The Kier molecular flexibility index (Phi) is 5.26. The van der Waals surface area contributed by atoms with Crippen LogP contribution in [0.15, 0.2) is 90.6 Å². The average molecular weight is 433 g/mol. The molecule has 0 saturated heterocycles. The third kappa shape index (κ3) is 3.80. The molecule has 3 heteroatoms. The van der Waals surface area contributed by atoms with Gasteiger partial charge in [0.15, 0.2) is 0 Å². The summed E-state index contributed by atoms with van der Waals surface area (Å²) in [5.41, 5.74) is 8.39. The van der Waals surface area contributed by atoms with Crippen LogP contribution in [-0.4, -0.2) is 5.91 Å². The van der Waals surface area contributed by atoms with E-state index < -0.39 is 0 Å². The molecular formula is C30H28N2O. The summed E-state index contributed by atoms with van der Waals surface area (Å²) >= 11 is 0. The van der Waals surface area contributed by atoms with Crippen molar-refractivity contribution in [2.24, 2.45) is 0 Å². The minimum absolute atomic E-state index is 0.0191. The second-order valence-electron chi connectivity index (χ2n) is 8.96. The Bertz CT molecular complexity index is 1410. The number of aryl methyl sites for hydroxylation is 4. The Balaban J connectivity index is 1.63. The zero-order chi connectivity index (χ0) is 23.1. The molecule has 1 heterocycles. The van der Waals surface area contributed by atoms with Crippen molar-refractivity contribution in [2.45, 2.75) is 33.7 Å². The second kappa shape index (κ2) is 8.25. The third-order valence-corrected chi connectivity index (χ3v) is 6.75. The topological polar surface area (TPSA) is 32.3 Å². The van der Waals surface area contributed by atoms with Crippen LogP contribution in [0.1, 0.15) is 33.9 Å². The summed E-state index contributed by atoms with van der Waals surface area (Å²) in [5, 5.41) is 5.74. The predicted molar refractivity (Wildman–Crippen MR) is 138 cm³/mol. The fraction of sp³-hybridized carbons (Fsp3) is 0.167. The molecule has 33 heavy (non-hydrogen) atoms. The fourth-order valence-corrected chi connectivity index (χ4v) is 4.52. The first-order chi connectivity index (χ1) is 15.9. The molecule has 4 aromatic rings. The number of nitrogens with one attached hydrogen (secondary N) is 1. The summed E-state index contributed by atoms with van der Waals surface area (Å²) < 4.78 is 0. The van der Waals surface area contributed by atoms with E-state index in [4.69, 9.17) is 0 Å². The highest BCUT2D eigenvalue weighted by Crippen LogP contribution is 2.39. The lowest BCUT2D eigenvalue weighted by atomic mass is 9.98. The molecular weight excluding hydrogens is 404 g/mol. The van der Waals surface area contributed by atoms with E-state index in [1.807, 2.05) is 17.0 Å². The Hall–Kier alpha value is -3.85. The lowest BCUT2D eigenvalue weighted by molar-refractivity contribution is -0.114. The normalized spacial score (nSPS) is 15.8. The van der Waals surface area contributed by atoms with Gasteiger partial charge in [-0.05, 0) is 96.6 Å². The first-order valence-electron chi connectivity index (χ1n) is 11.4. The van der Waals surface area contributed by atoms with Gasteiger partial charge in [-0.1, -0.05) is 54.6 Å². The van der Waals surface area contributed by atoms with Crippen LogP contribution in [0.4, 0.5) is 11.4 Å². The summed E-state index contributed by atoms with van der Waals surface area (Å²) in [6.07, 6.45) is 2.06. The molecule has 164 valence electrons. The minimum atomic E-state index is -0.195. The van der Waals surface area contributed by atoms with Crippen molar-refractivity contribution in [3.63, 3.8) is 0 Å². The number of benzene rings is 4. The predicted octanol–water partition coefficient (Wildman–Crippen LogP) is 7.16. The van der Waals surface area contributed by atoms with Crippen molar-refractivity contribution >= 4 is 28.1 Å². The Morgan fingerprint density at radius 2 is 1.42 bits per heavy atom. The molecule has 0 spiro atoms. The molecule has 0 bridgehead atoms. The van der Waals surface area contributed by atoms with E-state index in [2.05, 4.69) is 106 Å². The number of nitrogens with zero attached hydrogens (tertiary/aromatic N) is 1. The van der Waals surface area contributed by atoms with Gasteiger partial charge in [-0.15, -0.1) is 0 Å². The number of amides is 1. The van der Waals surface area contributed by atoms with Gasteiger partial charge in [-0.2, -0.15) is 0 Å². The van der Waals surface area contributed by atoms with Gasteiger partial charge in [0, 0.05) is 11.4 Å². The minimum Gasteiger partial charge on any atom is -0.351 e. The quantitative estimate of drug-likeness (QED) is 0.371. The van der Waals surface area contributed by atoms with Crippen molar-refractivity contribution in [1.82, 2.24) is 0 Å². The van der Waals surface area contributed by atoms with Gasteiger partial charge >= 0.3 is 0 Å². The molecule has 0 aliphatic carbocycles. The lowest BCUT2D eigenvalue weighted by Gasteiger charge is -2.27. The maximum Gasteiger partial charge on any atom is 0.275 e. The summed E-state index contributed by atoms with van der Waals surface area (Å²) in [6, 6.07) is 26.9. The number of rotatable bonds is 4. The van der Waals surface area contributed by atoms with Gasteiger partial charge in [0.05, 0.1) is 6.04 Å². The van der Waals surface area contributed by atoms with Crippen LogP contribution in [0, 0.1) is 27.7 Å². The zero-order valence-electron chi connectivity index (χ0n) is 19.5. The molecule has 1 aliphatic rings. The van der Waals surface area contributed by atoms with E-state index in [9.17, 15) is 4.79 Å². The van der Waals surface area contributed by atoms with Crippen LogP contribution in [0.25, 0.3) is 10.8 Å². The number of carbonyl (C=O) groups is 1. The molecule has 5 rings (SSSR count). The molecule has 0 fully saturated rings. The van der Waals surface area contributed by atoms with Crippen LogP contribution < -0.4 is 10.2 Å². The zero-order valence-corrected chi connectivity index (χ0v) is 19.5. The SMILES string of the molecule is Cc1ccc(NC2=CC(c3cccc4ccccc34)N(c3ccc(C)c(C)c3)C2=O)cc1C. The van der Waals surface area contributed by atoms with Crippen molar-refractivity contribution in [2.75, 3.05) is 10.2 Å². The molecule has 0 saturated carbocycles. The van der Waals surface area contributed by atoms with Gasteiger partial charge in [0.25, 0.3) is 5.91 Å². The van der Waals surface area contributed by atoms with Crippen LogP contribution in [0.2, 0.25) is 0 Å². The maximum absolute atomic E-state index is 13.8. The van der Waals surface area contributed by atoms with Crippen LogP contribution >= 0.6 is 0 Å². The average Bonchev–Trinajstić information content (AvgIpc) is 3.13. The maximum atomic E-state index is 13.8. The number of fused-ring (bicyclic) bond motifs is 1. The van der Waals surface area contributed by atoms with E-state index in [-0.39, 0.29) is 11.9 Å². The van der Waals surface area contributed by atoms with E-state index in [1.54, 1.807) is 0 Å². The molecule has 1 atom stereocenters. The van der Waals surface area contributed by atoms with Crippen molar-refractivity contribution in [3.8, 4) is 0 Å². The van der Waals surface area contributed by atoms with Gasteiger partial charge in [0.1, 0.15) is 5.70 Å². The number of anilines is 2. The molecule has 0 radical (unpaired) electrons. The Morgan fingerprint density at radius 1 is 0.727 bits per heavy atom. The molecule has 1 unspecified atom stereocenters. The molecule has 1 amide bonds. The van der Waals surface area contributed by atoms with Gasteiger partial charge in [0.2, 0.25) is 0 Å². The highest BCUT2D eigenvalue weighted by molar-refractivity contribution is 6.11. The van der Waals surface area contributed by atoms with E-state index >= 15 is 0 Å². The van der Waals surface area contributed by atoms with Crippen LogP contribution in [-0.2, 0) is 4.79 Å². The van der Waals surface area contributed by atoms with Crippen LogP contribution in [0.5, 0.6) is 0 Å². The first kappa shape index (κ1) is 21.0. The van der Waals surface area contributed by atoms with Gasteiger partial charge in [-0.3, -0.25) is 9.69 Å². The van der Waals surface area contributed by atoms with Crippen molar-refractivity contribution in [1.29, 1.82) is 0 Å². The standard InChI is InChI=1S/C30H28N2O/c1-19-12-14-24(16-21(19)3)31-28-18-29(27-11-7-9-23-8-5-6-10-26(23)27)32(30(28)33)25-15-13-20(2)22(4)17-25/h5-18,29,31H,1-4H3. The molecule has 3 nitrogen and oxygen atoms in total. The van der Waals surface area contributed by atoms with E-state index in [1.165, 1.54) is 27.6 Å². The summed E-state index contributed by atoms with van der Waals surface area (Å²) in [4.78, 5) is 15.7. The largest absolute Gasteiger partial charge is 0.351 e. The summed E-state index contributed by atoms with van der Waals surface area (Å²) in [7, 11) is 0. The lowest BCUT2D eigenvalue weighted by Crippen LogP contribution is -2.31. The summed E-state index contributed by atoms with van der Waals surface area (Å²) in [5.74, 6) is -0.0191. The smallest absolute Gasteiger partial charge is 0.275 e. The van der Waals surface area contributed by atoms with Gasteiger partial charge in [-0.25, -0.2) is 0 Å². The van der Waals surface area contributed by atoms with Crippen molar-refractivity contribution in [3.05, 3.63) is 118 Å². The van der Waals surface area contributed by atoms with Crippen molar-refractivity contribution < 1.29 is 4.79 Å². The molecule has 4 aromatic carbocycles. The van der Waals surface area contributed by atoms with E-state index in [0.29, 0.717) is 5.70 Å². The Morgan fingerprint density at radius 3 is 2.18 bits per heavy atom.